The first-order chi connectivity index (χ1) is 6.52. The monoisotopic (exact) mass is 194 g/mol. The number of aromatic carboxylic acids is 1. The van der Waals surface area contributed by atoms with Crippen LogP contribution in [0.2, 0.25) is 0 Å². The van der Waals surface area contributed by atoms with Crippen LogP contribution < -0.4 is 11.5 Å². The van der Waals surface area contributed by atoms with Gasteiger partial charge >= 0.3 is 5.97 Å². The molecule has 0 saturated heterocycles. The second-order valence-electron chi connectivity index (χ2n) is 3.31. The van der Waals surface area contributed by atoms with Crippen molar-refractivity contribution in [2.24, 2.45) is 11.5 Å². The number of rotatable bonds is 3. The molecular weight excluding hydrogens is 180 g/mol. The summed E-state index contributed by atoms with van der Waals surface area (Å²) >= 11 is 0. The Morgan fingerprint density at radius 1 is 1.29 bits per heavy atom. The predicted octanol–water partition coefficient (Wildman–Crippen LogP) is 0.732. The Labute approximate surface area is 82.5 Å². The molecular formula is C10H14N2O2. The van der Waals surface area contributed by atoms with Gasteiger partial charge in [0.05, 0.1) is 5.56 Å². The van der Waals surface area contributed by atoms with Gasteiger partial charge in [-0.2, -0.15) is 0 Å². The minimum atomic E-state index is -0.939. The molecule has 0 saturated carbocycles. The average molecular weight is 194 g/mol. The molecule has 4 nitrogen and oxygen atoms in total. The van der Waals surface area contributed by atoms with Gasteiger partial charge in [-0.05, 0) is 24.6 Å². The van der Waals surface area contributed by atoms with Gasteiger partial charge in [0, 0.05) is 12.1 Å². The van der Waals surface area contributed by atoms with Crippen molar-refractivity contribution >= 4 is 5.97 Å². The lowest BCUT2D eigenvalue weighted by Gasteiger charge is -2.15. The Morgan fingerprint density at radius 2 is 1.79 bits per heavy atom. The van der Waals surface area contributed by atoms with Crippen molar-refractivity contribution in [3.05, 3.63) is 35.4 Å². The van der Waals surface area contributed by atoms with Crippen LogP contribution in [0.4, 0.5) is 0 Å². The summed E-state index contributed by atoms with van der Waals surface area (Å²) in [5, 5.41) is 8.67. The summed E-state index contributed by atoms with van der Waals surface area (Å²) < 4.78 is 0. The minimum absolute atomic E-state index is 0.148. The van der Waals surface area contributed by atoms with Crippen LogP contribution in [-0.2, 0) is 0 Å². The highest BCUT2D eigenvalue weighted by Crippen LogP contribution is 2.13. The van der Waals surface area contributed by atoms with Gasteiger partial charge in [-0.1, -0.05) is 12.1 Å². The summed E-state index contributed by atoms with van der Waals surface area (Å²) in [4.78, 5) is 10.6. The van der Waals surface area contributed by atoms with Crippen LogP contribution in [0, 0.1) is 0 Å². The fraction of sp³-hybridized carbons (Fsp3) is 0.300. The first-order valence-electron chi connectivity index (χ1n) is 4.37. The molecule has 0 spiro atoms. The second-order valence-corrected chi connectivity index (χ2v) is 3.31. The summed E-state index contributed by atoms with van der Waals surface area (Å²) in [6, 6.07) is 6.04. The van der Waals surface area contributed by atoms with Gasteiger partial charge in [-0.25, -0.2) is 4.79 Å². The molecule has 2 atom stereocenters. The van der Waals surface area contributed by atoms with E-state index in [0.29, 0.717) is 0 Å². The van der Waals surface area contributed by atoms with E-state index in [-0.39, 0.29) is 17.6 Å². The van der Waals surface area contributed by atoms with E-state index >= 15 is 0 Å². The van der Waals surface area contributed by atoms with E-state index in [4.69, 9.17) is 16.6 Å². The van der Waals surface area contributed by atoms with Crippen LogP contribution in [0.25, 0.3) is 0 Å². The van der Waals surface area contributed by atoms with Crippen LogP contribution in [0.3, 0.4) is 0 Å². The summed E-state index contributed by atoms with van der Waals surface area (Å²) in [6.07, 6.45) is 0. The van der Waals surface area contributed by atoms with E-state index in [1.807, 2.05) is 6.92 Å². The van der Waals surface area contributed by atoms with E-state index in [1.165, 1.54) is 12.1 Å². The molecule has 0 bridgehead atoms. The van der Waals surface area contributed by atoms with Gasteiger partial charge < -0.3 is 16.6 Å². The Bertz CT molecular complexity index is 319. The molecule has 0 amide bonds. The molecule has 0 radical (unpaired) electrons. The van der Waals surface area contributed by atoms with Gasteiger partial charge in [0.15, 0.2) is 0 Å². The summed E-state index contributed by atoms with van der Waals surface area (Å²) in [7, 11) is 0. The third-order valence-corrected chi connectivity index (χ3v) is 2.11. The first kappa shape index (κ1) is 10.7. The smallest absolute Gasteiger partial charge is 0.335 e. The third-order valence-electron chi connectivity index (χ3n) is 2.11. The predicted molar refractivity (Wildman–Crippen MR) is 54.0 cm³/mol. The lowest BCUT2D eigenvalue weighted by Crippen LogP contribution is -2.31. The molecule has 4 heteroatoms. The van der Waals surface area contributed by atoms with Crippen molar-refractivity contribution in [1.29, 1.82) is 0 Å². The minimum Gasteiger partial charge on any atom is -0.478 e. The highest BCUT2D eigenvalue weighted by molar-refractivity contribution is 5.87. The van der Waals surface area contributed by atoms with Gasteiger partial charge in [0.25, 0.3) is 0 Å². The van der Waals surface area contributed by atoms with Crippen LogP contribution in [0.1, 0.15) is 28.9 Å². The Kier molecular flexibility index (Phi) is 3.22. The van der Waals surface area contributed by atoms with Crippen molar-refractivity contribution < 1.29 is 9.90 Å². The molecule has 0 fully saturated rings. The van der Waals surface area contributed by atoms with E-state index in [2.05, 4.69) is 0 Å². The number of hydrogen-bond acceptors (Lipinski definition) is 3. The number of hydrogen-bond donors (Lipinski definition) is 3. The fourth-order valence-electron chi connectivity index (χ4n) is 1.15. The van der Waals surface area contributed by atoms with Crippen molar-refractivity contribution in [3.63, 3.8) is 0 Å². The Hall–Kier alpha value is -1.39. The maximum Gasteiger partial charge on any atom is 0.335 e. The van der Waals surface area contributed by atoms with Crippen molar-refractivity contribution in [1.82, 2.24) is 0 Å². The average Bonchev–Trinajstić information content (AvgIpc) is 2.16. The lowest BCUT2D eigenvalue weighted by atomic mass is 10.0. The van der Waals surface area contributed by atoms with Crippen molar-refractivity contribution in [2.45, 2.75) is 19.0 Å². The van der Waals surface area contributed by atoms with Crippen molar-refractivity contribution in [2.75, 3.05) is 0 Å². The molecule has 1 aromatic carbocycles. The number of benzene rings is 1. The van der Waals surface area contributed by atoms with Crippen LogP contribution >= 0.6 is 0 Å². The van der Waals surface area contributed by atoms with Crippen molar-refractivity contribution in [3.8, 4) is 0 Å². The molecule has 5 N–H and O–H groups in total. The number of carboxylic acid groups (broad SMARTS) is 1. The van der Waals surface area contributed by atoms with Crippen LogP contribution in [0.15, 0.2) is 24.3 Å². The zero-order chi connectivity index (χ0) is 10.7. The molecule has 0 aliphatic carbocycles. The maximum atomic E-state index is 10.6. The van der Waals surface area contributed by atoms with E-state index in [9.17, 15) is 4.79 Å². The molecule has 0 heterocycles. The highest BCUT2D eigenvalue weighted by Gasteiger charge is 2.11. The summed E-state index contributed by atoms with van der Waals surface area (Å²) in [5.41, 5.74) is 12.5. The first-order valence-corrected chi connectivity index (χ1v) is 4.37. The zero-order valence-corrected chi connectivity index (χ0v) is 7.97. The van der Waals surface area contributed by atoms with Gasteiger partial charge in [-0.15, -0.1) is 0 Å². The normalized spacial score (nSPS) is 14.8. The van der Waals surface area contributed by atoms with Gasteiger partial charge in [-0.3, -0.25) is 0 Å². The number of carboxylic acids is 1. The largest absolute Gasteiger partial charge is 0.478 e. The van der Waals surface area contributed by atoms with Gasteiger partial charge in [0.2, 0.25) is 0 Å². The van der Waals surface area contributed by atoms with E-state index in [0.717, 1.165) is 5.56 Å². The fourth-order valence-corrected chi connectivity index (χ4v) is 1.15. The molecule has 0 aliphatic heterocycles. The second kappa shape index (κ2) is 4.21. The van der Waals surface area contributed by atoms with Crippen LogP contribution in [0.5, 0.6) is 0 Å². The summed E-state index contributed by atoms with van der Waals surface area (Å²) in [6.45, 7) is 1.82. The maximum absolute atomic E-state index is 10.6. The molecule has 76 valence electrons. The number of carbonyl (C=O) groups is 1. The SMILES string of the molecule is CC(N)C(N)c1ccc(C(=O)O)cc1. The molecule has 0 aliphatic rings. The quantitative estimate of drug-likeness (QED) is 0.661. The Morgan fingerprint density at radius 3 is 2.14 bits per heavy atom. The van der Waals surface area contributed by atoms with E-state index < -0.39 is 5.97 Å². The summed E-state index contributed by atoms with van der Waals surface area (Å²) in [5.74, 6) is -0.939. The molecule has 1 aromatic rings. The van der Waals surface area contributed by atoms with Crippen LogP contribution in [-0.4, -0.2) is 17.1 Å². The topological polar surface area (TPSA) is 89.3 Å². The molecule has 0 aromatic heterocycles. The third kappa shape index (κ3) is 2.31. The zero-order valence-electron chi connectivity index (χ0n) is 7.97. The molecule has 2 unspecified atom stereocenters. The number of nitrogens with two attached hydrogens (primary N) is 2. The standard InChI is InChI=1S/C10H14N2O2/c1-6(11)9(12)7-2-4-8(5-3-7)10(13)14/h2-6,9H,11-12H2,1H3,(H,13,14). The van der Waals surface area contributed by atoms with E-state index in [1.54, 1.807) is 12.1 Å². The lowest BCUT2D eigenvalue weighted by molar-refractivity contribution is 0.0697. The van der Waals surface area contributed by atoms with Gasteiger partial charge in [0.1, 0.15) is 0 Å². The molecule has 14 heavy (non-hydrogen) atoms. The Balaban J connectivity index is 2.88. The highest BCUT2D eigenvalue weighted by atomic mass is 16.4. The molecule has 1 rings (SSSR count).